The lowest BCUT2D eigenvalue weighted by atomic mass is 10.2. The van der Waals surface area contributed by atoms with Crippen LogP contribution >= 0.6 is 0 Å². The van der Waals surface area contributed by atoms with E-state index in [4.69, 9.17) is 4.74 Å². The molecule has 0 aromatic carbocycles. The van der Waals surface area contributed by atoms with E-state index in [1.165, 1.54) is 0 Å². The Balaban J connectivity index is 2.00. The lowest BCUT2D eigenvalue weighted by Crippen LogP contribution is -2.14. The first-order chi connectivity index (χ1) is 10.2. The minimum absolute atomic E-state index is 0.0705. The molecule has 21 heavy (non-hydrogen) atoms. The van der Waals surface area contributed by atoms with Crippen LogP contribution in [-0.4, -0.2) is 36.9 Å². The molecular weight excluding hydrogens is 268 g/mol. The Bertz CT molecular complexity index is 820. The van der Waals surface area contributed by atoms with E-state index >= 15 is 0 Å². The van der Waals surface area contributed by atoms with Crippen molar-refractivity contribution in [2.75, 3.05) is 6.61 Å². The van der Waals surface area contributed by atoms with Gasteiger partial charge in [-0.15, -0.1) is 0 Å². The molecular formula is C15H18N4O2. The molecule has 2 unspecified atom stereocenters. The molecule has 0 saturated carbocycles. The van der Waals surface area contributed by atoms with Crippen LogP contribution in [0.4, 0.5) is 0 Å². The maximum atomic E-state index is 9.29. The van der Waals surface area contributed by atoms with Crippen LogP contribution in [0.3, 0.4) is 0 Å². The number of hydrogen-bond acceptors (Lipinski definition) is 4. The van der Waals surface area contributed by atoms with Gasteiger partial charge in [0.1, 0.15) is 18.2 Å². The number of nitrogens with zero attached hydrogens (tertiary/aromatic N) is 4. The highest BCUT2D eigenvalue weighted by atomic mass is 16.5. The zero-order chi connectivity index (χ0) is 14.6. The second kappa shape index (κ2) is 4.54. The molecule has 6 nitrogen and oxygen atoms in total. The Morgan fingerprint density at radius 2 is 2.24 bits per heavy atom. The Labute approximate surface area is 122 Å². The van der Waals surface area contributed by atoms with Gasteiger partial charge in [-0.1, -0.05) is 0 Å². The van der Waals surface area contributed by atoms with Gasteiger partial charge in [-0.3, -0.25) is 4.57 Å². The summed E-state index contributed by atoms with van der Waals surface area (Å²) < 4.78 is 10.2. The molecule has 1 aliphatic heterocycles. The molecule has 0 bridgehead atoms. The van der Waals surface area contributed by atoms with Gasteiger partial charge in [0.15, 0.2) is 0 Å². The van der Waals surface area contributed by atoms with E-state index in [0.29, 0.717) is 0 Å². The highest BCUT2D eigenvalue weighted by Crippen LogP contribution is 2.37. The normalized spacial score (nSPS) is 22.6. The summed E-state index contributed by atoms with van der Waals surface area (Å²) in [5.41, 5.74) is 4.13. The number of hydrogen-bond donors (Lipinski definition) is 1. The standard InChI is InChI=1S/C15H18N4O2/c1-9-13-14-11(5-6-18(14)2)19(15(13)17-8-16-9)12-4-3-10(7-20)21-12/h5-6,8,10,12,20H,3-4,7H2,1-2H3. The first-order valence-electron chi connectivity index (χ1n) is 7.23. The molecule has 6 heteroatoms. The van der Waals surface area contributed by atoms with Crippen molar-refractivity contribution < 1.29 is 9.84 Å². The van der Waals surface area contributed by atoms with Gasteiger partial charge in [-0.25, -0.2) is 9.97 Å². The van der Waals surface area contributed by atoms with E-state index in [1.54, 1.807) is 6.33 Å². The number of ether oxygens (including phenoxy) is 1. The van der Waals surface area contributed by atoms with Gasteiger partial charge < -0.3 is 14.4 Å². The minimum atomic E-state index is -0.0749. The zero-order valence-corrected chi connectivity index (χ0v) is 12.2. The van der Waals surface area contributed by atoms with Crippen LogP contribution in [0.15, 0.2) is 18.6 Å². The summed E-state index contributed by atoms with van der Waals surface area (Å²) in [5, 5.41) is 10.4. The smallest absolute Gasteiger partial charge is 0.148 e. The fraction of sp³-hybridized carbons (Fsp3) is 0.467. The van der Waals surface area contributed by atoms with E-state index in [-0.39, 0.29) is 18.9 Å². The molecule has 4 heterocycles. The van der Waals surface area contributed by atoms with Crippen LogP contribution in [0.2, 0.25) is 0 Å². The van der Waals surface area contributed by atoms with Crippen molar-refractivity contribution in [2.45, 2.75) is 32.1 Å². The molecule has 1 saturated heterocycles. The molecule has 3 aromatic rings. The lowest BCUT2D eigenvalue weighted by Gasteiger charge is -2.15. The fourth-order valence-corrected chi connectivity index (χ4v) is 3.35. The van der Waals surface area contributed by atoms with Crippen molar-refractivity contribution >= 4 is 22.1 Å². The topological polar surface area (TPSA) is 65.1 Å². The maximum Gasteiger partial charge on any atom is 0.148 e. The third-order valence-corrected chi connectivity index (χ3v) is 4.37. The third-order valence-electron chi connectivity index (χ3n) is 4.37. The van der Waals surface area contributed by atoms with Crippen molar-refractivity contribution in [1.82, 2.24) is 19.1 Å². The summed E-state index contributed by atoms with van der Waals surface area (Å²) in [5.74, 6) is 0. The van der Waals surface area contributed by atoms with Gasteiger partial charge in [0.25, 0.3) is 0 Å². The first-order valence-corrected chi connectivity index (χ1v) is 7.23. The molecule has 0 radical (unpaired) electrons. The van der Waals surface area contributed by atoms with E-state index < -0.39 is 0 Å². The Kier molecular flexibility index (Phi) is 2.77. The number of fused-ring (bicyclic) bond motifs is 3. The second-order valence-electron chi connectivity index (χ2n) is 5.66. The molecule has 4 rings (SSSR count). The quantitative estimate of drug-likeness (QED) is 0.781. The van der Waals surface area contributed by atoms with Crippen LogP contribution in [0.1, 0.15) is 24.8 Å². The second-order valence-corrected chi connectivity index (χ2v) is 5.66. The summed E-state index contributed by atoms with van der Waals surface area (Å²) in [4.78, 5) is 8.81. The van der Waals surface area contributed by atoms with Gasteiger partial charge in [-0.2, -0.15) is 0 Å². The largest absolute Gasteiger partial charge is 0.394 e. The summed E-state index contributed by atoms with van der Waals surface area (Å²) in [6, 6.07) is 2.09. The Hall–Kier alpha value is -1.92. The van der Waals surface area contributed by atoms with E-state index in [9.17, 15) is 5.11 Å². The zero-order valence-electron chi connectivity index (χ0n) is 12.2. The van der Waals surface area contributed by atoms with Crippen molar-refractivity contribution in [2.24, 2.45) is 7.05 Å². The molecule has 3 aromatic heterocycles. The Morgan fingerprint density at radius 3 is 3.00 bits per heavy atom. The molecule has 0 aliphatic carbocycles. The van der Waals surface area contributed by atoms with Crippen molar-refractivity contribution in [3.8, 4) is 0 Å². The molecule has 2 atom stereocenters. The van der Waals surface area contributed by atoms with Crippen molar-refractivity contribution in [1.29, 1.82) is 0 Å². The number of aliphatic hydroxyl groups is 1. The molecule has 1 N–H and O–H groups in total. The Morgan fingerprint density at radius 1 is 1.38 bits per heavy atom. The predicted octanol–water partition coefficient (Wildman–Crippen LogP) is 1.90. The maximum absolute atomic E-state index is 9.29. The average Bonchev–Trinajstić information content (AvgIpc) is 3.14. The minimum Gasteiger partial charge on any atom is -0.394 e. The van der Waals surface area contributed by atoms with Gasteiger partial charge in [0.2, 0.25) is 0 Å². The summed E-state index contributed by atoms with van der Waals surface area (Å²) in [6.45, 7) is 2.08. The average molecular weight is 286 g/mol. The molecule has 0 amide bonds. The van der Waals surface area contributed by atoms with Gasteiger partial charge >= 0.3 is 0 Å². The third kappa shape index (κ3) is 1.72. The monoisotopic (exact) mass is 286 g/mol. The molecule has 1 fully saturated rings. The molecule has 0 spiro atoms. The highest BCUT2D eigenvalue weighted by molar-refractivity contribution is 6.06. The summed E-state index contributed by atoms with van der Waals surface area (Å²) in [6.07, 6.45) is 5.27. The number of aliphatic hydroxyl groups excluding tert-OH is 1. The van der Waals surface area contributed by atoms with Gasteiger partial charge in [0, 0.05) is 13.2 Å². The number of aromatic nitrogens is 4. The van der Waals surface area contributed by atoms with Gasteiger partial charge in [0.05, 0.1) is 34.8 Å². The van der Waals surface area contributed by atoms with Crippen LogP contribution in [0.25, 0.3) is 22.1 Å². The lowest BCUT2D eigenvalue weighted by molar-refractivity contribution is -0.0185. The van der Waals surface area contributed by atoms with Crippen LogP contribution in [0.5, 0.6) is 0 Å². The fourth-order valence-electron chi connectivity index (χ4n) is 3.35. The number of rotatable bonds is 2. The van der Waals surface area contributed by atoms with E-state index in [2.05, 4.69) is 25.2 Å². The van der Waals surface area contributed by atoms with Crippen LogP contribution < -0.4 is 0 Å². The number of aryl methyl sites for hydroxylation is 2. The van der Waals surface area contributed by atoms with Crippen LogP contribution in [0, 0.1) is 6.92 Å². The molecule has 110 valence electrons. The first kappa shape index (κ1) is 12.8. The SMILES string of the molecule is Cc1ncnc2c1c1c(ccn1C)n2C1CCC(CO)O1. The molecule has 1 aliphatic rings. The van der Waals surface area contributed by atoms with Gasteiger partial charge in [-0.05, 0) is 25.8 Å². The highest BCUT2D eigenvalue weighted by Gasteiger charge is 2.30. The van der Waals surface area contributed by atoms with E-state index in [1.807, 2.05) is 20.2 Å². The van der Waals surface area contributed by atoms with E-state index in [0.717, 1.165) is 40.6 Å². The summed E-state index contributed by atoms with van der Waals surface area (Å²) in [7, 11) is 2.03. The van der Waals surface area contributed by atoms with Crippen LogP contribution in [-0.2, 0) is 11.8 Å². The summed E-state index contributed by atoms with van der Waals surface area (Å²) >= 11 is 0. The van der Waals surface area contributed by atoms with Crippen molar-refractivity contribution in [3.63, 3.8) is 0 Å². The van der Waals surface area contributed by atoms with Crippen molar-refractivity contribution in [3.05, 3.63) is 24.3 Å². The predicted molar refractivity (Wildman–Crippen MR) is 79.0 cm³/mol.